The molecule has 0 bridgehead atoms. The molecule has 0 fully saturated rings. The average molecular weight is 523 g/mol. The third kappa shape index (κ3) is 5.79. The maximum absolute atomic E-state index is 12.0. The molecule has 34 heavy (non-hydrogen) atoms. The Hall–Kier alpha value is -3.29. The first-order chi connectivity index (χ1) is 16.5. The highest BCUT2D eigenvalue weighted by atomic mass is 79.9. The minimum atomic E-state index is -0.891. The van der Waals surface area contributed by atoms with Gasteiger partial charge in [-0.1, -0.05) is 48.5 Å². The number of nitrogens with one attached hydrogen (secondary N) is 2. The van der Waals surface area contributed by atoms with E-state index in [1.165, 1.54) is 0 Å². The summed E-state index contributed by atoms with van der Waals surface area (Å²) in [5, 5.41) is 14.0. The molecule has 0 amide bonds. The monoisotopic (exact) mass is 522 g/mol. The molecule has 176 valence electrons. The lowest BCUT2D eigenvalue weighted by molar-refractivity contribution is -0.139. The number of benzene rings is 3. The maximum Gasteiger partial charge on any atom is 0.321 e. The van der Waals surface area contributed by atoms with Crippen LogP contribution in [0.2, 0.25) is 0 Å². The van der Waals surface area contributed by atoms with Crippen molar-refractivity contribution < 1.29 is 19.4 Å². The van der Waals surface area contributed by atoms with E-state index >= 15 is 0 Å². The average Bonchev–Trinajstić information content (AvgIpc) is 3.24. The van der Waals surface area contributed by atoms with Gasteiger partial charge in [0.2, 0.25) is 0 Å². The standard InChI is InChI=1S/C27H27BrN2O4/c1-2-33-25-13-19(12-22(28)26(25)34-17-18-8-4-3-5-9-18)15-29-24(27(31)32)14-20-16-30-23-11-7-6-10-21(20)23/h3-13,16,24,29-30H,2,14-15,17H2,1H3,(H,31,32)/t24-/m0/s1. The molecule has 1 aromatic heterocycles. The summed E-state index contributed by atoms with van der Waals surface area (Å²) < 4.78 is 12.6. The van der Waals surface area contributed by atoms with Crippen LogP contribution in [-0.2, 0) is 24.4 Å². The van der Waals surface area contributed by atoms with Gasteiger partial charge in [-0.05, 0) is 57.7 Å². The Balaban J connectivity index is 1.47. The number of rotatable bonds is 11. The molecule has 3 aromatic carbocycles. The van der Waals surface area contributed by atoms with E-state index in [-0.39, 0.29) is 0 Å². The summed E-state index contributed by atoms with van der Waals surface area (Å²) in [7, 11) is 0. The Kier molecular flexibility index (Phi) is 7.87. The third-order valence-corrected chi connectivity index (χ3v) is 6.13. The molecule has 4 aromatic rings. The predicted octanol–water partition coefficient (Wildman–Crippen LogP) is 5.69. The van der Waals surface area contributed by atoms with Gasteiger partial charge in [-0.3, -0.25) is 4.79 Å². The minimum absolute atomic E-state index is 0.372. The Morgan fingerprint density at radius 1 is 1.06 bits per heavy atom. The van der Waals surface area contributed by atoms with E-state index in [0.29, 0.717) is 37.7 Å². The van der Waals surface area contributed by atoms with Crippen molar-refractivity contribution in [1.82, 2.24) is 10.3 Å². The smallest absolute Gasteiger partial charge is 0.321 e. The summed E-state index contributed by atoms with van der Waals surface area (Å²) in [6.07, 6.45) is 2.25. The lowest BCUT2D eigenvalue weighted by atomic mass is 10.0. The van der Waals surface area contributed by atoms with Crippen molar-refractivity contribution in [2.24, 2.45) is 0 Å². The lowest BCUT2D eigenvalue weighted by Crippen LogP contribution is -2.38. The van der Waals surface area contributed by atoms with Gasteiger partial charge < -0.3 is 24.9 Å². The van der Waals surface area contributed by atoms with Crippen LogP contribution in [0.4, 0.5) is 0 Å². The summed E-state index contributed by atoms with van der Waals surface area (Å²) in [6.45, 7) is 3.20. The van der Waals surface area contributed by atoms with E-state index in [1.54, 1.807) is 0 Å². The summed E-state index contributed by atoms with van der Waals surface area (Å²) >= 11 is 3.60. The number of carbonyl (C=O) groups is 1. The fourth-order valence-electron chi connectivity index (χ4n) is 3.86. The molecule has 0 unspecified atom stereocenters. The van der Waals surface area contributed by atoms with Crippen LogP contribution >= 0.6 is 15.9 Å². The van der Waals surface area contributed by atoms with Crippen molar-refractivity contribution in [2.45, 2.75) is 32.5 Å². The highest BCUT2D eigenvalue weighted by molar-refractivity contribution is 9.10. The molecule has 1 heterocycles. The highest BCUT2D eigenvalue weighted by Crippen LogP contribution is 2.37. The number of hydrogen-bond donors (Lipinski definition) is 3. The van der Waals surface area contributed by atoms with Gasteiger partial charge in [0.1, 0.15) is 12.6 Å². The van der Waals surface area contributed by atoms with E-state index in [9.17, 15) is 9.90 Å². The number of fused-ring (bicyclic) bond motifs is 1. The molecule has 7 heteroatoms. The first-order valence-electron chi connectivity index (χ1n) is 11.2. The van der Waals surface area contributed by atoms with Crippen molar-refractivity contribution in [3.05, 3.63) is 94.1 Å². The Morgan fingerprint density at radius 3 is 2.59 bits per heavy atom. The number of ether oxygens (including phenoxy) is 2. The number of carboxylic acids is 1. The molecule has 0 saturated heterocycles. The van der Waals surface area contributed by atoms with Crippen molar-refractivity contribution in [3.8, 4) is 11.5 Å². The summed E-state index contributed by atoms with van der Waals surface area (Å²) in [5.74, 6) is 0.355. The first-order valence-corrected chi connectivity index (χ1v) is 12.0. The van der Waals surface area contributed by atoms with E-state index in [0.717, 1.165) is 32.1 Å². The number of aromatic amines is 1. The number of hydrogen-bond acceptors (Lipinski definition) is 4. The van der Waals surface area contributed by atoms with Gasteiger partial charge >= 0.3 is 5.97 Å². The number of aliphatic carboxylic acids is 1. The number of aromatic nitrogens is 1. The topological polar surface area (TPSA) is 83.6 Å². The molecular formula is C27H27BrN2O4. The fourth-order valence-corrected chi connectivity index (χ4v) is 4.47. The Morgan fingerprint density at radius 2 is 1.82 bits per heavy atom. The quantitative estimate of drug-likeness (QED) is 0.235. The third-order valence-electron chi connectivity index (χ3n) is 5.54. The molecule has 0 saturated carbocycles. The highest BCUT2D eigenvalue weighted by Gasteiger charge is 2.20. The van der Waals surface area contributed by atoms with E-state index in [4.69, 9.17) is 9.47 Å². The molecule has 1 atom stereocenters. The predicted molar refractivity (Wildman–Crippen MR) is 136 cm³/mol. The van der Waals surface area contributed by atoms with Gasteiger partial charge in [0.05, 0.1) is 11.1 Å². The molecule has 3 N–H and O–H groups in total. The molecule has 0 aliphatic carbocycles. The first kappa shape index (κ1) is 23.9. The van der Waals surface area contributed by atoms with E-state index in [1.807, 2.05) is 79.9 Å². The SMILES string of the molecule is CCOc1cc(CN[C@@H](Cc2c[nH]c3ccccc23)C(=O)O)cc(Br)c1OCc1ccccc1. The van der Waals surface area contributed by atoms with Crippen LogP contribution in [0.3, 0.4) is 0 Å². The second kappa shape index (κ2) is 11.2. The van der Waals surface area contributed by atoms with Crippen LogP contribution in [0.15, 0.2) is 77.4 Å². The minimum Gasteiger partial charge on any atom is -0.490 e. The zero-order chi connectivity index (χ0) is 23.9. The van der Waals surface area contributed by atoms with Crippen molar-refractivity contribution in [3.63, 3.8) is 0 Å². The zero-order valence-corrected chi connectivity index (χ0v) is 20.5. The van der Waals surface area contributed by atoms with Crippen LogP contribution in [0.1, 0.15) is 23.6 Å². The fraction of sp³-hybridized carbons (Fsp3) is 0.222. The van der Waals surface area contributed by atoms with E-state index < -0.39 is 12.0 Å². The van der Waals surface area contributed by atoms with Gasteiger partial charge in [-0.2, -0.15) is 0 Å². The van der Waals surface area contributed by atoms with Crippen molar-refractivity contribution >= 4 is 32.8 Å². The van der Waals surface area contributed by atoms with Crippen LogP contribution in [-0.4, -0.2) is 28.7 Å². The van der Waals surface area contributed by atoms with Crippen LogP contribution in [0, 0.1) is 0 Å². The molecule has 0 aliphatic heterocycles. The number of para-hydroxylation sites is 1. The largest absolute Gasteiger partial charge is 0.490 e. The molecule has 0 radical (unpaired) electrons. The van der Waals surface area contributed by atoms with Crippen LogP contribution in [0.25, 0.3) is 10.9 Å². The van der Waals surface area contributed by atoms with Gasteiger partial charge in [-0.15, -0.1) is 0 Å². The molecule has 0 spiro atoms. The van der Waals surface area contributed by atoms with Crippen LogP contribution < -0.4 is 14.8 Å². The van der Waals surface area contributed by atoms with Gasteiger partial charge in [0.15, 0.2) is 11.5 Å². The van der Waals surface area contributed by atoms with Crippen molar-refractivity contribution in [2.75, 3.05) is 6.61 Å². The summed E-state index contributed by atoms with van der Waals surface area (Å²) in [5.41, 5.74) is 3.92. The van der Waals surface area contributed by atoms with Gasteiger partial charge in [0, 0.05) is 30.1 Å². The van der Waals surface area contributed by atoms with Crippen molar-refractivity contribution in [1.29, 1.82) is 0 Å². The number of carboxylic acid groups (broad SMARTS) is 1. The normalized spacial score (nSPS) is 11.9. The molecule has 0 aliphatic rings. The van der Waals surface area contributed by atoms with Gasteiger partial charge in [0.25, 0.3) is 0 Å². The molecular weight excluding hydrogens is 496 g/mol. The maximum atomic E-state index is 12.0. The summed E-state index contributed by atoms with van der Waals surface area (Å²) in [6, 6.07) is 20.9. The van der Waals surface area contributed by atoms with E-state index in [2.05, 4.69) is 26.2 Å². The Labute approximate surface area is 207 Å². The molecule has 6 nitrogen and oxygen atoms in total. The van der Waals surface area contributed by atoms with Gasteiger partial charge in [-0.25, -0.2) is 0 Å². The second-order valence-electron chi connectivity index (χ2n) is 7.95. The second-order valence-corrected chi connectivity index (χ2v) is 8.80. The summed E-state index contributed by atoms with van der Waals surface area (Å²) in [4.78, 5) is 15.2. The zero-order valence-electron chi connectivity index (χ0n) is 18.9. The van der Waals surface area contributed by atoms with Crippen LogP contribution in [0.5, 0.6) is 11.5 Å². The molecule has 4 rings (SSSR count). The number of H-pyrrole nitrogens is 1. The Bertz CT molecular complexity index is 1260. The number of halogens is 1. The lowest BCUT2D eigenvalue weighted by Gasteiger charge is -2.18.